The molecule has 4 rings (SSSR count). The second kappa shape index (κ2) is 8.71. The first kappa shape index (κ1) is 21.4. The fourth-order valence-electron chi connectivity index (χ4n) is 4.50. The average molecular weight is 420 g/mol. The number of aromatic amines is 1. The van der Waals surface area contributed by atoms with Gasteiger partial charge in [-0.15, -0.1) is 0 Å². The highest BCUT2D eigenvalue weighted by molar-refractivity contribution is 5.79. The highest BCUT2D eigenvalue weighted by Crippen LogP contribution is 2.30. The van der Waals surface area contributed by atoms with Crippen molar-refractivity contribution in [1.82, 2.24) is 19.1 Å². The molecule has 0 saturated heterocycles. The summed E-state index contributed by atoms with van der Waals surface area (Å²) in [5, 5.41) is 0. The Hall–Kier alpha value is -2.86. The zero-order valence-electron chi connectivity index (χ0n) is 18.9. The van der Waals surface area contributed by atoms with Crippen LogP contribution in [-0.4, -0.2) is 25.6 Å². The van der Waals surface area contributed by atoms with E-state index < -0.39 is 0 Å². The lowest BCUT2D eigenvalue weighted by Gasteiger charge is -2.18. The largest absolute Gasteiger partial charge is 0.340 e. The van der Waals surface area contributed by atoms with Crippen molar-refractivity contribution in [2.24, 2.45) is 11.7 Å². The topological polar surface area (TPSA) is 81.6 Å². The number of H-pyrrole nitrogens is 1. The second-order valence-electron chi connectivity index (χ2n) is 9.07. The van der Waals surface area contributed by atoms with Gasteiger partial charge in [0.05, 0.1) is 28.1 Å². The summed E-state index contributed by atoms with van der Waals surface area (Å²) in [4.78, 5) is 22.2. The van der Waals surface area contributed by atoms with Gasteiger partial charge in [0, 0.05) is 6.04 Å². The molecule has 0 bridgehead atoms. The Morgan fingerprint density at radius 1 is 0.968 bits per heavy atom. The van der Waals surface area contributed by atoms with Crippen LogP contribution >= 0.6 is 0 Å². The van der Waals surface area contributed by atoms with Gasteiger partial charge < -0.3 is 10.7 Å². The van der Waals surface area contributed by atoms with Gasteiger partial charge in [-0.2, -0.15) is 0 Å². The van der Waals surface area contributed by atoms with Crippen molar-refractivity contribution in [2.75, 3.05) is 6.54 Å². The van der Waals surface area contributed by atoms with Crippen LogP contribution in [0.15, 0.2) is 47.3 Å². The van der Waals surface area contributed by atoms with Crippen LogP contribution in [-0.2, 0) is 6.42 Å². The molecule has 2 heterocycles. The number of imidazole rings is 2. The summed E-state index contributed by atoms with van der Waals surface area (Å²) in [6.45, 7) is 9.13. The van der Waals surface area contributed by atoms with Crippen molar-refractivity contribution >= 4 is 22.1 Å². The van der Waals surface area contributed by atoms with E-state index in [4.69, 9.17) is 10.7 Å². The molecule has 0 amide bonds. The lowest BCUT2D eigenvalue weighted by atomic mass is 10.0. The molecule has 1 atom stereocenters. The zero-order valence-corrected chi connectivity index (χ0v) is 18.9. The number of para-hydroxylation sites is 3. The third-order valence-electron chi connectivity index (χ3n) is 6.00. The van der Waals surface area contributed by atoms with Crippen molar-refractivity contribution in [3.8, 4) is 0 Å². The number of nitrogens with two attached hydrogens (primary N) is 1. The van der Waals surface area contributed by atoms with Crippen LogP contribution in [0.5, 0.6) is 0 Å². The number of nitrogens with one attached hydrogen (secondary N) is 1. The van der Waals surface area contributed by atoms with E-state index in [2.05, 4.69) is 38.7 Å². The summed E-state index contributed by atoms with van der Waals surface area (Å²) in [5.74, 6) is 1.38. The lowest BCUT2D eigenvalue weighted by Crippen LogP contribution is -2.29. The molecule has 1 unspecified atom stereocenters. The Kier molecular flexibility index (Phi) is 6.01. The van der Waals surface area contributed by atoms with Gasteiger partial charge in [0.1, 0.15) is 5.82 Å². The molecule has 0 aliphatic carbocycles. The van der Waals surface area contributed by atoms with Crippen LogP contribution in [0.1, 0.15) is 64.0 Å². The van der Waals surface area contributed by atoms with Gasteiger partial charge in [-0.3, -0.25) is 9.13 Å². The van der Waals surface area contributed by atoms with E-state index >= 15 is 0 Å². The Balaban J connectivity index is 1.93. The van der Waals surface area contributed by atoms with Crippen LogP contribution in [0.4, 0.5) is 0 Å². The van der Waals surface area contributed by atoms with Crippen LogP contribution < -0.4 is 11.4 Å². The number of fused-ring (bicyclic) bond motifs is 2. The van der Waals surface area contributed by atoms with E-state index in [-0.39, 0.29) is 17.8 Å². The predicted octanol–water partition coefficient (Wildman–Crippen LogP) is 4.79. The number of nitrogens with zero attached hydrogens (tertiary/aromatic N) is 3. The summed E-state index contributed by atoms with van der Waals surface area (Å²) in [7, 11) is 0. The first-order valence-corrected chi connectivity index (χ1v) is 11.3. The third-order valence-corrected chi connectivity index (χ3v) is 6.00. The van der Waals surface area contributed by atoms with Crippen molar-refractivity contribution in [2.45, 2.75) is 59.0 Å². The van der Waals surface area contributed by atoms with E-state index in [1.165, 1.54) is 0 Å². The number of hydrogen-bond donors (Lipinski definition) is 2. The molecule has 2 aromatic carbocycles. The standard InChI is InChI=1S/C25H33N5O/c1-16(2)12-13-22(24-27-19-9-7-8-18(14-15-26)23(19)28-24)30-21-11-6-5-10-20(21)29(17(3)4)25(30)31/h5-11,16-17,22H,12-15,26H2,1-4H3,(H,27,28). The monoisotopic (exact) mass is 419 g/mol. The van der Waals surface area contributed by atoms with Gasteiger partial charge in [-0.25, -0.2) is 9.78 Å². The van der Waals surface area contributed by atoms with Crippen LogP contribution in [0.3, 0.4) is 0 Å². The average Bonchev–Trinajstić information content (AvgIpc) is 3.28. The molecule has 4 aromatic rings. The molecule has 0 aliphatic heterocycles. The first-order chi connectivity index (χ1) is 14.9. The molecule has 164 valence electrons. The highest BCUT2D eigenvalue weighted by atomic mass is 16.1. The lowest BCUT2D eigenvalue weighted by molar-refractivity contribution is 0.438. The molecular weight excluding hydrogens is 386 g/mol. The van der Waals surface area contributed by atoms with E-state index in [0.29, 0.717) is 12.5 Å². The Labute approximate surface area is 183 Å². The normalized spacial score (nSPS) is 13.1. The summed E-state index contributed by atoms with van der Waals surface area (Å²) in [6.07, 6.45) is 2.63. The molecule has 6 heteroatoms. The maximum absolute atomic E-state index is 13.6. The van der Waals surface area contributed by atoms with Crippen molar-refractivity contribution < 1.29 is 0 Å². The first-order valence-electron chi connectivity index (χ1n) is 11.3. The van der Waals surface area contributed by atoms with Gasteiger partial charge in [-0.1, -0.05) is 38.1 Å². The van der Waals surface area contributed by atoms with Gasteiger partial charge in [0.2, 0.25) is 0 Å². The molecule has 0 fully saturated rings. The minimum absolute atomic E-state index is 0.0209. The molecule has 0 aliphatic rings. The number of aromatic nitrogens is 4. The molecule has 3 N–H and O–H groups in total. The summed E-state index contributed by atoms with van der Waals surface area (Å²) in [5.41, 5.74) is 10.9. The fraction of sp³-hybridized carbons (Fsp3) is 0.440. The van der Waals surface area contributed by atoms with Crippen molar-refractivity contribution in [1.29, 1.82) is 0 Å². The molecule has 2 aromatic heterocycles. The second-order valence-corrected chi connectivity index (χ2v) is 9.07. The van der Waals surface area contributed by atoms with E-state index in [9.17, 15) is 4.79 Å². The van der Waals surface area contributed by atoms with Gasteiger partial charge in [-0.05, 0) is 69.3 Å². The molecule has 6 nitrogen and oxygen atoms in total. The highest BCUT2D eigenvalue weighted by Gasteiger charge is 2.25. The minimum atomic E-state index is -0.155. The van der Waals surface area contributed by atoms with E-state index in [1.807, 2.05) is 45.5 Å². The quantitative estimate of drug-likeness (QED) is 0.431. The minimum Gasteiger partial charge on any atom is -0.340 e. The summed E-state index contributed by atoms with van der Waals surface area (Å²) in [6, 6.07) is 14.2. The Morgan fingerprint density at radius 2 is 1.68 bits per heavy atom. The molecule has 0 spiro atoms. The summed E-state index contributed by atoms with van der Waals surface area (Å²) < 4.78 is 3.83. The SMILES string of the molecule is CC(C)CCC(c1nc2c(CCN)cccc2[nH]1)n1c(=O)n(C(C)C)c2ccccc21. The zero-order chi connectivity index (χ0) is 22.1. The van der Waals surface area contributed by atoms with E-state index in [0.717, 1.165) is 52.7 Å². The van der Waals surface area contributed by atoms with E-state index in [1.54, 1.807) is 0 Å². The van der Waals surface area contributed by atoms with Crippen LogP contribution in [0, 0.1) is 5.92 Å². The van der Waals surface area contributed by atoms with Gasteiger partial charge in [0.15, 0.2) is 0 Å². The third kappa shape index (κ3) is 3.92. The van der Waals surface area contributed by atoms with Crippen LogP contribution in [0.2, 0.25) is 0 Å². The molecular formula is C25H33N5O. The predicted molar refractivity (Wildman–Crippen MR) is 128 cm³/mol. The molecule has 0 saturated carbocycles. The summed E-state index contributed by atoms with van der Waals surface area (Å²) >= 11 is 0. The number of hydrogen-bond acceptors (Lipinski definition) is 3. The smallest absolute Gasteiger partial charge is 0.330 e. The fourth-order valence-corrected chi connectivity index (χ4v) is 4.50. The van der Waals surface area contributed by atoms with Gasteiger partial charge >= 0.3 is 5.69 Å². The number of rotatable bonds is 8. The maximum atomic E-state index is 13.6. The number of benzene rings is 2. The Morgan fingerprint density at radius 3 is 2.32 bits per heavy atom. The van der Waals surface area contributed by atoms with Crippen molar-refractivity contribution in [3.63, 3.8) is 0 Å². The molecule has 31 heavy (non-hydrogen) atoms. The van der Waals surface area contributed by atoms with Gasteiger partial charge in [0.25, 0.3) is 0 Å². The maximum Gasteiger partial charge on any atom is 0.330 e. The van der Waals surface area contributed by atoms with Crippen molar-refractivity contribution in [3.05, 3.63) is 64.3 Å². The Bertz CT molecular complexity index is 1240. The molecule has 0 radical (unpaired) electrons. The van der Waals surface area contributed by atoms with Crippen LogP contribution in [0.25, 0.3) is 22.1 Å².